The molecule has 7 nitrogen and oxygen atoms in total. The predicted octanol–water partition coefficient (Wildman–Crippen LogP) is 1.29. The van der Waals surface area contributed by atoms with Gasteiger partial charge >= 0.3 is 0 Å². The minimum absolute atomic E-state index is 0.0437. The number of ether oxygens (including phenoxy) is 4. The maximum absolute atomic E-state index is 5.89. The molecule has 2 N–H and O–H groups in total. The van der Waals surface area contributed by atoms with Crippen molar-refractivity contribution < 1.29 is 18.9 Å². The molecular weight excluding hydrogens is 310 g/mol. The van der Waals surface area contributed by atoms with Gasteiger partial charge in [-0.3, -0.25) is 4.99 Å². The molecule has 0 saturated heterocycles. The molecule has 1 atom stereocenters. The highest BCUT2D eigenvalue weighted by Crippen LogP contribution is 2.26. The fraction of sp³-hybridized carbons (Fsp3) is 0.588. The van der Waals surface area contributed by atoms with Gasteiger partial charge in [0.25, 0.3) is 0 Å². The van der Waals surface area contributed by atoms with E-state index in [-0.39, 0.29) is 6.10 Å². The van der Waals surface area contributed by atoms with E-state index in [1.54, 1.807) is 21.3 Å². The summed E-state index contributed by atoms with van der Waals surface area (Å²) >= 11 is 0. The van der Waals surface area contributed by atoms with Gasteiger partial charge in [0.1, 0.15) is 6.10 Å². The monoisotopic (exact) mass is 339 g/mol. The first kappa shape index (κ1) is 20.1. The number of rotatable bonds is 11. The van der Waals surface area contributed by atoms with E-state index < -0.39 is 0 Å². The van der Waals surface area contributed by atoms with Crippen LogP contribution in [-0.4, -0.2) is 66.2 Å². The zero-order valence-corrected chi connectivity index (χ0v) is 15.0. The molecule has 1 aromatic rings. The summed E-state index contributed by atoms with van der Waals surface area (Å²) in [5, 5.41) is 6.40. The number of guanidine groups is 1. The van der Waals surface area contributed by atoms with Gasteiger partial charge in [0, 0.05) is 20.7 Å². The Morgan fingerprint density at radius 1 is 1.08 bits per heavy atom. The van der Waals surface area contributed by atoms with Crippen molar-refractivity contribution in [1.29, 1.82) is 0 Å². The highest BCUT2D eigenvalue weighted by molar-refractivity contribution is 5.79. The van der Waals surface area contributed by atoms with Crippen molar-refractivity contribution >= 4 is 5.96 Å². The summed E-state index contributed by atoms with van der Waals surface area (Å²) in [6, 6.07) is 7.59. The number of nitrogens with zero attached hydrogens (tertiary/aromatic N) is 1. The molecular formula is C17H29N3O4. The predicted molar refractivity (Wildman–Crippen MR) is 95.1 cm³/mol. The lowest BCUT2D eigenvalue weighted by atomic mass is 10.3. The van der Waals surface area contributed by atoms with Crippen molar-refractivity contribution in [2.24, 2.45) is 4.99 Å². The number of benzene rings is 1. The molecule has 0 aliphatic rings. The molecule has 0 bridgehead atoms. The molecule has 0 spiro atoms. The van der Waals surface area contributed by atoms with Crippen LogP contribution in [0, 0.1) is 0 Å². The zero-order valence-electron chi connectivity index (χ0n) is 15.0. The SMILES string of the molecule is CN=C(NCCOCCOC)NCC(C)Oc1ccccc1OC. The van der Waals surface area contributed by atoms with E-state index in [1.165, 1.54) is 0 Å². The largest absolute Gasteiger partial charge is 0.493 e. The van der Waals surface area contributed by atoms with Gasteiger partial charge in [0.05, 0.1) is 33.5 Å². The van der Waals surface area contributed by atoms with Crippen molar-refractivity contribution in [2.45, 2.75) is 13.0 Å². The number of para-hydroxylation sites is 2. The lowest BCUT2D eigenvalue weighted by molar-refractivity contribution is 0.0733. The van der Waals surface area contributed by atoms with Crippen LogP contribution in [-0.2, 0) is 9.47 Å². The molecule has 0 aliphatic carbocycles. The molecule has 136 valence electrons. The highest BCUT2D eigenvalue weighted by Gasteiger charge is 2.09. The summed E-state index contributed by atoms with van der Waals surface area (Å²) in [4.78, 5) is 4.17. The van der Waals surface area contributed by atoms with Crippen LogP contribution in [0.3, 0.4) is 0 Å². The maximum Gasteiger partial charge on any atom is 0.191 e. The summed E-state index contributed by atoms with van der Waals surface area (Å²) in [7, 11) is 5.01. The third-order valence-electron chi connectivity index (χ3n) is 3.15. The Kier molecular flexibility index (Phi) is 10.4. The number of methoxy groups -OCH3 is 2. The van der Waals surface area contributed by atoms with Crippen LogP contribution in [0.5, 0.6) is 11.5 Å². The maximum atomic E-state index is 5.89. The van der Waals surface area contributed by atoms with Crippen molar-refractivity contribution in [1.82, 2.24) is 10.6 Å². The van der Waals surface area contributed by atoms with Crippen molar-refractivity contribution in [3.8, 4) is 11.5 Å². The fourth-order valence-corrected chi connectivity index (χ4v) is 1.92. The van der Waals surface area contributed by atoms with Crippen LogP contribution in [0.2, 0.25) is 0 Å². The zero-order chi connectivity index (χ0) is 17.6. The lowest BCUT2D eigenvalue weighted by Gasteiger charge is -2.19. The third-order valence-corrected chi connectivity index (χ3v) is 3.15. The minimum Gasteiger partial charge on any atom is -0.493 e. The first-order valence-electron chi connectivity index (χ1n) is 8.02. The van der Waals surface area contributed by atoms with E-state index in [4.69, 9.17) is 18.9 Å². The van der Waals surface area contributed by atoms with Crippen molar-refractivity contribution in [2.75, 3.05) is 54.2 Å². The molecule has 7 heteroatoms. The topological polar surface area (TPSA) is 73.3 Å². The summed E-state index contributed by atoms with van der Waals surface area (Å²) in [6.45, 7) is 5.06. The van der Waals surface area contributed by atoms with Gasteiger partial charge < -0.3 is 29.6 Å². The highest BCUT2D eigenvalue weighted by atomic mass is 16.5. The average Bonchev–Trinajstić information content (AvgIpc) is 2.61. The van der Waals surface area contributed by atoms with Crippen LogP contribution >= 0.6 is 0 Å². The molecule has 0 radical (unpaired) electrons. The second-order valence-electron chi connectivity index (χ2n) is 5.06. The first-order chi connectivity index (χ1) is 11.7. The van der Waals surface area contributed by atoms with Crippen LogP contribution in [0.4, 0.5) is 0 Å². The van der Waals surface area contributed by atoms with Gasteiger partial charge in [-0.25, -0.2) is 0 Å². The normalized spacial score (nSPS) is 12.6. The molecule has 0 aliphatic heterocycles. The second kappa shape index (κ2) is 12.4. The summed E-state index contributed by atoms with van der Waals surface area (Å²) in [5.74, 6) is 2.16. The molecule has 0 fully saturated rings. The summed E-state index contributed by atoms with van der Waals surface area (Å²) in [6.07, 6.45) is -0.0437. The second-order valence-corrected chi connectivity index (χ2v) is 5.06. The van der Waals surface area contributed by atoms with E-state index in [9.17, 15) is 0 Å². The number of hydrogen-bond acceptors (Lipinski definition) is 5. The Balaban J connectivity index is 2.27. The van der Waals surface area contributed by atoms with Crippen LogP contribution in [0.15, 0.2) is 29.3 Å². The Morgan fingerprint density at radius 2 is 1.83 bits per heavy atom. The Morgan fingerprint density at radius 3 is 2.50 bits per heavy atom. The number of nitrogens with one attached hydrogen (secondary N) is 2. The van der Waals surface area contributed by atoms with Gasteiger partial charge in [0.15, 0.2) is 17.5 Å². The molecule has 1 unspecified atom stereocenters. The molecule has 0 aromatic heterocycles. The van der Waals surface area contributed by atoms with Crippen LogP contribution < -0.4 is 20.1 Å². The number of hydrogen-bond donors (Lipinski definition) is 2. The smallest absolute Gasteiger partial charge is 0.191 e. The fourth-order valence-electron chi connectivity index (χ4n) is 1.92. The van der Waals surface area contributed by atoms with Crippen LogP contribution in [0.1, 0.15) is 6.92 Å². The van der Waals surface area contributed by atoms with E-state index in [2.05, 4.69) is 15.6 Å². The van der Waals surface area contributed by atoms with E-state index in [0.717, 1.165) is 11.5 Å². The summed E-state index contributed by atoms with van der Waals surface area (Å²) in [5.41, 5.74) is 0. The molecule has 0 heterocycles. The number of aliphatic imine (C=N–C) groups is 1. The quantitative estimate of drug-likeness (QED) is 0.360. The standard InChI is InChI=1S/C17H29N3O4/c1-14(24-16-8-6-5-7-15(16)22-4)13-20-17(18-2)19-9-10-23-12-11-21-3/h5-8,14H,9-13H2,1-4H3,(H2,18,19,20). The molecule has 0 saturated carbocycles. The van der Waals surface area contributed by atoms with E-state index in [0.29, 0.717) is 38.9 Å². The van der Waals surface area contributed by atoms with Gasteiger partial charge in [-0.15, -0.1) is 0 Å². The Bertz CT molecular complexity index is 483. The molecule has 1 rings (SSSR count). The van der Waals surface area contributed by atoms with Gasteiger partial charge in [0.2, 0.25) is 0 Å². The molecule has 0 amide bonds. The molecule has 1 aromatic carbocycles. The van der Waals surface area contributed by atoms with Gasteiger partial charge in [-0.2, -0.15) is 0 Å². The average molecular weight is 339 g/mol. The van der Waals surface area contributed by atoms with Gasteiger partial charge in [-0.1, -0.05) is 12.1 Å². The lowest BCUT2D eigenvalue weighted by Crippen LogP contribution is -2.42. The van der Waals surface area contributed by atoms with Crippen molar-refractivity contribution in [3.63, 3.8) is 0 Å². The first-order valence-corrected chi connectivity index (χ1v) is 8.02. The third kappa shape index (κ3) is 8.03. The Hall–Kier alpha value is -1.99. The molecule has 24 heavy (non-hydrogen) atoms. The van der Waals surface area contributed by atoms with E-state index in [1.807, 2.05) is 31.2 Å². The van der Waals surface area contributed by atoms with Crippen LogP contribution in [0.25, 0.3) is 0 Å². The van der Waals surface area contributed by atoms with Crippen molar-refractivity contribution in [3.05, 3.63) is 24.3 Å². The van der Waals surface area contributed by atoms with E-state index >= 15 is 0 Å². The minimum atomic E-state index is -0.0437. The Labute approximate surface area is 144 Å². The summed E-state index contributed by atoms with van der Waals surface area (Å²) < 4.78 is 21.5. The van der Waals surface area contributed by atoms with Gasteiger partial charge in [-0.05, 0) is 19.1 Å².